The highest BCUT2D eigenvalue weighted by atomic mass is 16.5. The lowest BCUT2D eigenvalue weighted by atomic mass is 10.1. The summed E-state index contributed by atoms with van der Waals surface area (Å²) >= 11 is 0. The summed E-state index contributed by atoms with van der Waals surface area (Å²) in [6.07, 6.45) is 3.48. The quantitative estimate of drug-likeness (QED) is 0.550. The van der Waals surface area contributed by atoms with Crippen molar-refractivity contribution in [2.75, 3.05) is 13.2 Å². The number of ether oxygens (including phenoxy) is 1. The van der Waals surface area contributed by atoms with Crippen LogP contribution < -0.4 is 10.1 Å². The number of pyridine rings is 1. The van der Waals surface area contributed by atoms with Gasteiger partial charge in [-0.05, 0) is 18.2 Å². The number of H-pyrrole nitrogens is 1. The zero-order valence-corrected chi connectivity index (χ0v) is 13.5. The molecule has 0 aliphatic heterocycles. The van der Waals surface area contributed by atoms with Gasteiger partial charge in [0.15, 0.2) is 0 Å². The van der Waals surface area contributed by atoms with Crippen LogP contribution in [0.1, 0.15) is 10.4 Å². The van der Waals surface area contributed by atoms with Crippen molar-refractivity contribution >= 4 is 27.7 Å². The number of aromatic nitrogens is 2. The van der Waals surface area contributed by atoms with E-state index in [0.29, 0.717) is 18.7 Å². The summed E-state index contributed by atoms with van der Waals surface area (Å²) in [4.78, 5) is 19.8. The third kappa shape index (κ3) is 3.04. The number of hydrogen-bond donors (Lipinski definition) is 2. The summed E-state index contributed by atoms with van der Waals surface area (Å²) in [6, 6.07) is 17.4. The molecule has 5 nitrogen and oxygen atoms in total. The number of para-hydroxylation sites is 2. The summed E-state index contributed by atoms with van der Waals surface area (Å²) in [6.45, 7) is 0.797. The first kappa shape index (κ1) is 15.2. The van der Waals surface area contributed by atoms with E-state index >= 15 is 0 Å². The maximum absolute atomic E-state index is 12.3. The fourth-order valence-corrected chi connectivity index (χ4v) is 2.87. The van der Waals surface area contributed by atoms with Crippen molar-refractivity contribution in [2.45, 2.75) is 0 Å². The Morgan fingerprint density at radius 2 is 1.96 bits per heavy atom. The molecule has 0 fully saturated rings. The normalized spacial score (nSPS) is 10.9. The summed E-state index contributed by atoms with van der Waals surface area (Å²) in [5.41, 5.74) is 2.42. The number of hydrogen-bond acceptors (Lipinski definition) is 3. The highest BCUT2D eigenvalue weighted by Crippen LogP contribution is 2.22. The summed E-state index contributed by atoms with van der Waals surface area (Å²) in [5.74, 6) is 0.608. The molecule has 0 saturated heterocycles. The average molecular weight is 331 g/mol. The van der Waals surface area contributed by atoms with Crippen LogP contribution >= 0.6 is 0 Å². The molecule has 0 aliphatic rings. The lowest BCUT2D eigenvalue weighted by molar-refractivity contribution is 0.0949. The van der Waals surface area contributed by atoms with Crippen molar-refractivity contribution in [3.63, 3.8) is 0 Å². The molecule has 0 radical (unpaired) electrons. The molecule has 0 bridgehead atoms. The Morgan fingerprint density at radius 3 is 2.92 bits per heavy atom. The van der Waals surface area contributed by atoms with E-state index in [0.717, 1.165) is 27.6 Å². The van der Waals surface area contributed by atoms with E-state index in [-0.39, 0.29) is 5.91 Å². The van der Waals surface area contributed by atoms with Crippen molar-refractivity contribution in [3.8, 4) is 5.75 Å². The van der Waals surface area contributed by atoms with E-state index in [1.54, 1.807) is 12.4 Å². The standard InChI is InChI=1S/C20H17N3O2/c24-20(16-13-23-17-8-2-1-7-15(16)17)22-11-12-25-18-9-3-5-14-6-4-10-21-19(14)18/h1-10,13,23H,11-12H2,(H,22,24). The number of fused-ring (bicyclic) bond motifs is 2. The number of aromatic amines is 1. The Labute approximate surface area is 144 Å². The number of benzene rings is 2. The molecule has 0 spiro atoms. The van der Waals surface area contributed by atoms with Gasteiger partial charge in [0.05, 0.1) is 12.1 Å². The summed E-state index contributed by atoms with van der Waals surface area (Å²) in [5, 5.41) is 4.84. The van der Waals surface area contributed by atoms with Crippen molar-refractivity contribution < 1.29 is 9.53 Å². The topological polar surface area (TPSA) is 67.0 Å². The number of nitrogens with zero attached hydrogens (tertiary/aromatic N) is 1. The summed E-state index contributed by atoms with van der Waals surface area (Å²) in [7, 11) is 0. The van der Waals surface area contributed by atoms with Gasteiger partial charge in [-0.3, -0.25) is 9.78 Å². The Kier molecular flexibility index (Phi) is 4.04. The molecule has 0 unspecified atom stereocenters. The molecule has 2 heterocycles. The molecule has 0 atom stereocenters. The van der Waals surface area contributed by atoms with Crippen LogP contribution in [-0.4, -0.2) is 29.0 Å². The van der Waals surface area contributed by atoms with Crippen LogP contribution in [0.2, 0.25) is 0 Å². The molecule has 2 aromatic carbocycles. The van der Waals surface area contributed by atoms with Gasteiger partial charge in [0, 0.05) is 28.7 Å². The van der Waals surface area contributed by atoms with Crippen LogP contribution in [0.3, 0.4) is 0 Å². The van der Waals surface area contributed by atoms with Gasteiger partial charge >= 0.3 is 0 Å². The Morgan fingerprint density at radius 1 is 1.08 bits per heavy atom. The largest absolute Gasteiger partial charge is 0.489 e. The molecule has 4 aromatic rings. The maximum atomic E-state index is 12.3. The predicted octanol–water partition coefficient (Wildman–Crippen LogP) is 3.52. The number of rotatable bonds is 5. The SMILES string of the molecule is O=C(NCCOc1cccc2cccnc12)c1c[nH]c2ccccc12. The molecule has 1 amide bonds. The zero-order chi connectivity index (χ0) is 17.1. The monoisotopic (exact) mass is 331 g/mol. The zero-order valence-electron chi connectivity index (χ0n) is 13.5. The molecule has 2 aromatic heterocycles. The smallest absolute Gasteiger partial charge is 0.253 e. The predicted molar refractivity (Wildman–Crippen MR) is 97.9 cm³/mol. The highest BCUT2D eigenvalue weighted by molar-refractivity contribution is 6.06. The second kappa shape index (κ2) is 6.65. The van der Waals surface area contributed by atoms with Gasteiger partial charge in [-0.2, -0.15) is 0 Å². The Balaban J connectivity index is 1.38. The van der Waals surface area contributed by atoms with E-state index in [1.165, 1.54) is 0 Å². The Hall–Kier alpha value is -3.34. The van der Waals surface area contributed by atoms with E-state index < -0.39 is 0 Å². The minimum Gasteiger partial charge on any atom is -0.489 e. The second-order valence-corrected chi connectivity index (χ2v) is 5.68. The molecule has 0 saturated carbocycles. The lowest BCUT2D eigenvalue weighted by Crippen LogP contribution is -2.27. The molecule has 5 heteroatoms. The molecular weight excluding hydrogens is 314 g/mol. The Bertz CT molecular complexity index is 1030. The first-order valence-corrected chi connectivity index (χ1v) is 8.14. The third-order valence-electron chi connectivity index (χ3n) is 4.07. The van der Waals surface area contributed by atoms with Crippen molar-refractivity contribution in [1.29, 1.82) is 0 Å². The van der Waals surface area contributed by atoms with Gasteiger partial charge in [0.2, 0.25) is 0 Å². The first-order chi connectivity index (χ1) is 12.3. The van der Waals surface area contributed by atoms with Gasteiger partial charge in [0.1, 0.15) is 17.9 Å². The minimum absolute atomic E-state index is 0.114. The number of carbonyl (C=O) groups excluding carboxylic acids is 1. The van der Waals surface area contributed by atoms with Gasteiger partial charge in [-0.15, -0.1) is 0 Å². The number of nitrogens with one attached hydrogen (secondary N) is 2. The van der Waals surface area contributed by atoms with Gasteiger partial charge in [-0.1, -0.05) is 36.4 Å². The lowest BCUT2D eigenvalue weighted by Gasteiger charge is -2.09. The first-order valence-electron chi connectivity index (χ1n) is 8.14. The van der Waals surface area contributed by atoms with Crippen LogP contribution in [0.5, 0.6) is 5.75 Å². The van der Waals surface area contributed by atoms with E-state index in [1.807, 2.05) is 54.6 Å². The van der Waals surface area contributed by atoms with Crippen LogP contribution in [-0.2, 0) is 0 Å². The summed E-state index contributed by atoms with van der Waals surface area (Å²) < 4.78 is 5.79. The van der Waals surface area contributed by atoms with Crippen molar-refractivity contribution in [1.82, 2.24) is 15.3 Å². The molecular formula is C20H17N3O2. The van der Waals surface area contributed by atoms with Crippen LogP contribution in [0, 0.1) is 0 Å². The second-order valence-electron chi connectivity index (χ2n) is 5.68. The minimum atomic E-state index is -0.114. The van der Waals surface area contributed by atoms with E-state index in [2.05, 4.69) is 15.3 Å². The van der Waals surface area contributed by atoms with Crippen LogP contribution in [0.4, 0.5) is 0 Å². The molecule has 4 rings (SSSR count). The third-order valence-corrected chi connectivity index (χ3v) is 4.07. The molecule has 25 heavy (non-hydrogen) atoms. The van der Waals surface area contributed by atoms with Crippen molar-refractivity contribution in [2.24, 2.45) is 0 Å². The molecule has 2 N–H and O–H groups in total. The van der Waals surface area contributed by atoms with Gasteiger partial charge in [-0.25, -0.2) is 0 Å². The molecule has 0 aliphatic carbocycles. The van der Waals surface area contributed by atoms with Gasteiger partial charge < -0.3 is 15.0 Å². The number of carbonyl (C=O) groups is 1. The number of amides is 1. The van der Waals surface area contributed by atoms with E-state index in [9.17, 15) is 4.79 Å². The maximum Gasteiger partial charge on any atom is 0.253 e. The van der Waals surface area contributed by atoms with Crippen LogP contribution in [0.25, 0.3) is 21.8 Å². The van der Waals surface area contributed by atoms with Gasteiger partial charge in [0.25, 0.3) is 5.91 Å². The van der Waals surface area contributed by atoms with Crippen LogP contribution in [0.15, 0.2) is 67.0 Å². The fourth-order valence-electron chi connectivity index (χ4n) is 2.87. The van der Waals surface area contributed by atoms with E-state index in [4.69, 9.17) is 4.74 Å². The highest BCUT2D eigenvalue weighted by Gasteiger charge is 2.11. The molecule has 124 valence electrons. The van der Waals surface area contributed by atoms with Crippen molar-refractivity contribution in [3.05, 3.63) is 72.6 Å². The average Bonchev–Trinajstić information content (AvgIpc) is 3.09. The fraction of sp³-hybridized carbons (Fsp3) is 0.100.